The van der Waals surface area contributed by atoms with Crippen molar-refractivity contribution in [2.75, 3.05) is 0 Å². The van der Waals surface area contributed by atoms with Crippen molar-refractivity contribution < 1.29 is 9.53 Å². The number of esters is 1. The van der Waals surface area contributed by atoms with Crippen LogP contribution in [0.5, 0.6) is 0 Å². The fourth-order valence-electron chi connectivity index (χ4n) is 12.3. The first-order valence-electron chi connectivity index (χ1n) is 23.6. The molecular weight excluding hydrogens is 621 g/mol. The molecule has 2 nitrogen and oxygen atoms in total. The van der Waals surface area contributed by atoms with Gasteiger partial charge in [0.05, 0.1) is 0 Å². The van der Waals surface area contributed by atoms with Crippen LogP contribution in [0.1, 0.15) is 241 Å². The maximum atomic E-state index is 12.9. The zero-order valence-electron chi connectivity index (χ0n) is 35.4. The van der Waals surface area contributed by atoms with Crippen LogP contribution in [0.2, 0.25) is 0 Å². The lowest BCUT2D eigenvalue weighted by molar-refractivity contribution is -0.151. The molecule has 4 aliphatic rings. The van der Waals surface area contributed by atoms with Crippen LogP contribution in [0.15, 0.2) is 11.6 Å². The number of hydrogen-bond donors (Lipinski definition) is 0. The molecule has 0 aromatic carbocycles. The van der Waals surface area contributed by atoms with E-state index in [2.05, 4.69) is 47.6 Å². The molecule has 4 rings (SSSR count). The normalized spacial score (nSPS) is 30.8. The van der Waals surface area contributed by atoms with E-state index in [1.165, 1.54) is 173 Å². The molecule has 8 atom stereocenters. The number of hydrogen-bond acceptors (Lipinski definition) is 2. The van der Waals surface area contributed by atoms with E-state index in [0.29, 0.717) is 17.3 Å². The van der Waals surface area contributed by atoms with Crippen LogP contribution in [0.3, 0.4) is 0 Å². The SMILES string of the molecule is CCCCCCCCCCCCCCCCCCCCCC(=O)O[C@H]1CC[C@@]2(C)C(=CCC3C4CCC([C@H](C)CCCC(C)C)[C@@]4(C)CCC32)C1. The van der Waals surface area contributed by atoms with Gasteiger partial charge < -0.3 is 4.74 Å². The Bertz CT molecular complexity index is 996. The second kappa shape index (κ2) is 22.6. The van der Waals surface area contributed by atoms with Gasteiger partial charge in [-0.2, -0.15) is 0 Å². The van der Waals surface area contributed by atoms with Gasteiger partial charge in [-0.15, -0.1) is 0 Å². The number of ether oxygens (including phenoxy) is 1. The Morgan fingerprint density at radius 2 is 1.25 bits per heavy atom. The molecule has 0 aliphatic heterocycles. The molecule has 3 fully saturated rings. The van der Waals surface area contributed by atoms with Crippen molar-refractivity contribution in [3.05, 3.63) is 11.6 Å². The summed E-state index contributed by atoms with van der Waals surface area (Å²) in [4.78, 5) is 12.9. The molecule has 51 heavy (non-hydrogen) atoms. The van der Waals surface area contributed by atoms with Crippen molar-refractivity contribution in [2.24, 2.45) is 46.3 Å². The van der Waals surface area contributed by atoms with Crippen LogP contribution in [0.25, 0.3) is 0 Å². The first-order valence-corrected chi connectivity index (χ1v) is 23.6. The van der Waals surface area contributed by atoms with Gasteiger partial charge in [-0.25, -0.2) is 0 Å². The molecule has 4 unspecified atom stereocenters. The monoisotopic (exact) mass is 709 g/mol. The van der Waals surface area contributed by atoms with E-state index < -0.39 is 0 Å². The first-order chi connectivity index (χ1) is 24.7. The molecule has 4 aliphatic carbocycles. The minimum atomic E-state index is 0.0674. The van der Waals surface area contributed by atoms with Crippen LogP contribution in [-0.2, 0) is 9.53 Å². The molecule has 0 N–H and O–H groups in total. The van der Waals surface area contributed by atoms with Crippen LogP contribution in [0.4, 0.5) is 0 Å². The molecule has 296 valence electrons. The van der Waals surface area contributed by atoms with Crippen molar-refractivity contribution in [3.8, 4) is 0 Å². The Hall–Kier alpha value is -0.790. The van der Waals surface area contributed by atoms with Gasteiger partial charge in [-0.3, -0.25) is 4.79 Å². The highest BCUT2D eigenvalue weighted by Gasteiger charge is 2.59. The van der Waals surface area contributed by atoms with E-state index in [4.69, 9.17) is 4.74 Å². The van der Waals surface area contributed by atoms with Gasteiger partial charge in [0, 0.05) is 12.8 Å². The Morgan fingerprint density at radius 3 is 1.82 bits per heavy atom. The Labute approximate surface area is 319 Å². The number of rotatable bonds is 26. The lowest BCUT2D eigenvalue weighted by atomic mass is 9.47. The highest BCUT2D eigenvalue weighted by Crippen LogP contribution is 2.67. The molecule has 0 aromatic heterocycles. The number of carbonyl (C=O) groups excluding carboxylic acids is 1. The van der Waals surface area contributed by atoms with Crippen LogP contribution < -0.4 is 0 Å². The third-order valence-corrected chi connectivity index (χ3v) is 15.5. The van der Waals surface area contributed by atoms with Gasteiger partial charge >= 0.3 is 5.97 Å². The van der Waals surface area contributed by atoms with Gasteiger partial charge in [-0.1, -0.05) is 188 Å². The summed E-state index contributed by atoms with van der Waals surface area (Å²) in [7, 11) is 0. The molecule has 0 spiro atoms. The van der Waals surface area contributed by atoms with Crippen molar-refractivity contribution in [1.82, 2.24) is 0 Å². The molecule has 0 aromatic rings. The highest BCUT2D eigenvalue weighted by atomic mass is 16.5. The molecule has 3 saturated carbocycles. The van der Waals surface area contributed by atoms with E-state index in [-0.39, 0.29) is 12.1 Å². The minimum absolute atomic E-state index is 0.0674. The molecule has 0 radical (unpaired) electrons. The van der Waals surface area contributed by atoms with E-state index in [1.54, 1.807) is 5.57 Å². The Kier molecular flexibility index (Phi) is 19.0. The number of carbonyl (C=O) groups is 1. The van der Waals surface area contributed by atoms with E-state index in [1.807, 2.05) is 0 Å². The highest BCUT2D eigenvalue weighted by molar-refractivity contribution is 5.69. The lowest BCUT2D eigenvalue weighted by Gasteiger charge is -2.58. The summed E-state index contributed by atoms with van der Waals surface area (Å²) in [5.74, 6) is 5.34. The predicted molar refractivity (Wildman–Crippen MR) is 221 cm³/mol. The van der Waals surface area contributed by atoms with Crippen LogP contribution in [0, 0.1) is 46.3 Å². The van der Waals surface area contributed by atoms with Gasteiger partial charge in [-0.05, 0) is 97.7 Å². The molecule has 2 heteroatoms. The maximum Gasteiger partial charge on any atom is 0.306 e. The zero-order chi connectivity index (χ0) is 36.5. The second-order valence-electron chi connectivity index (χ2n) is 19.8. The summed E-state index contributed by atoms with van der Waals surface area (Å²) in [5, 5.41) is 0. The minimum Gasteiger partial charge on any atom is -0.462 e. The van der Waals surface area contributed by atoms with E-state index in [9.17, 15) is 4.79 Å². The quantitative estimate of drug-likeness (QED) is 0.0508. The summed E-state index contributed by atoms with van der Waals surface area (Å²) in [6, 6.07) is 0. The van der Waals surface area contributed by atoms with Gasteiger partial charge in [0.25, 0.3) is 0 Å². The van der Waals surface area contributed by atoms with Crippen molar-refractivity contribution in [3.63, 3.8) is 0 Å². The van der Waals surface area contributed by atoms with Gasteiger partial charge in [0.2, 0.25) is 0 Å². The fourth-order valence-corrected chi connectivity index (χ4v) is 12.3. The summed E-state index contributed by atoms with van der Waals surface area (Å²) < 4.78 is 6.15. The molecule has 0 amide bonds. The van der Waals surface area contributed by atoms with E-state index in [0.717, 1.165) is 54.8 Å². The Morgan fingerprint density at radius 1 is 0.686 bits per heavy atom. The summed E-state index contributed by atoms with van der Waals surface area (Å²) >= 11 is 0. The molecular formula is C49H88O2. The lowest BCUT2D eigenvalue weighted by Crippen LogP contribution is -2.51. The summed E-state index contributed by atoms with van der Waals surface area (Å²) in [6.07, 6.45) is 44.3. The number of fused-ring (bicyclic) bond motifs is 5. The molecule has 0 heterocycles. The molecule has 0 bridgehead atoms. The van der Waals surface area contributed by atoms with Gasteiger partial charge in [0.15, 0.2) is 0 Å². The third kappa shape index (κ3) is 12.9. The molecule has 0 saturated heterocycles. The van der Waals surface area contributed by atoms with Crippen molar-refractivity contribution in [2.45, 2.75) is 247 Å². The standard InChI is InChI=1S/C49H88O2/c1-7-8-9-10-11-12-13-14-15-16-17-18-19-20-21-22-23-24-25-29-47(50)51-42-34-36-48(5)41(38-42)30-31-43-45-33-32-44(40(4)28-26-27-39(2)3)49(45,6)37-35-46(43)48/h30,39-40,42-46H,7-29,31-38H2,1-6H3/t40-,42+,43?,44?,45?,46?,48+,49-/m1/s1. The largest absolute Gasteiger partial charge is 0.462 e. The maximum absolute atomic E-state index is 12.9. The van der Waals surface area contributed by atoms with Crippen LogP contribution in [-0.4, -0.2) is 12.1 Å². The van der Waals surface area contributed by atoms with Gasteiger partial charge in [0.1, 0.15) is 6.10 Å². The zero-order valence-corrected chi connectivity index (χ0v) is 35.4. The smallest absolute Gasteiger partial charge is 0.306 e. The summed E-state index contributed by atoms with van der Waals surface area (Å²) in [6.45, 7) is 15.0. The van der Waals surface area contributed by atoms with Crippen molar-refractivity contribution in [1.29, 1.82) is 0 Å². The second-order valence-corrected chi connectivity index (χ2v) is 19.8. The first kappa shape index (κ1) is 42.9. The number of allylic oxidation sites excluding steroid dienone is 1. The van der Waals surface area contributed by atoms with Crippen LogP contribution >= 0.6 is 0 Å². The van der Waals surface area contributed by atoms with Crippen molar-refractivity contribution >= 4 is 5.97 Å². The fraction of sp³-hybridized carbons (Fsp3) is 0.939. The van der Waals surface area contributed by atoms with E-state index >= 15 is 0 Å². The topological polar surface area (TPSA) is 26.3 Å². The predicted octanol–water partition coefficient (Wildman–Crippen LogP) is 15.8. The third-order valence-electron chi connectivity index (χ3n) is 15.5. The Balaban J connectivity index is 1.03. The number of unbranched alkanes of at least 4 members (excludes halogenated alkanes) is 18. The summed E-state index contributed by atoms with van der Waals surface area (Å²) in [5.41, 5.74) is 2.54. The average Bonchev–Trinajstić information content (AvgIpc) is 3.46. The average molecular weight is 709 g/mol.